The first-order valence-electron chi connectivity index (χ1n) is 9.54. The maximum absolute atomic E-state index is 5.57. The first kappa shape index (κ1) is 23.9. The Hall–Kier alpha value is -0.0800. The predicted molar refractivity (Wildman–Crippen MR) is 115 cm³/mol. The zero-order valence-electron chi connectivity index (χ0n) is 16.0. The normalized spacial score (nSPS) is 16.7. The number of likely N-dealkylation sites (tertiary alicyclic amines) is 1. The molecule has 144 valence electrons. The highest BCUT2D eigenvalue weighted by molar-refractivity contribution is 14.0. The minimum atomic E-state index is 0. The van der Waals surface area contributed by atoms with Crippen LogP contribution in [-0.4, -0.2) is 63.8 Å². The monoisotopic (exact) mass is 454 g/mol. The van der Waals surface area contributed by atoms with Crippen molar-refractivity contribution < 1.29 is 4.74 Å². The topological polar surface area (TPSA) is 48.9 Å². The van der Waals surface area contributed by atoms with E-state index >= 15 is 0 Å². The van der Waals surface area contributed by atoms with Gasteiger partial charge in [0.05, 0.1) is 0 Å². The van der Waals surface area contributed by atoms with Crippen LogP contribution in [0.15, 0.2) is 4.99 Å². The molecule has 1 heterocycles. The van der Waals surface area contributed by atoms with Crippen LogP contribution in [0.4, 0.5) is 0 Å². The summed E-state index contributed by atoms with van der Waals surface area (Å²) in [5.74, 6) is 1.70. The van der Waals surface area contributed by atoms with E-state index in [1.54, 1.807) is 0 Å². The van der Waals surface area contributed by atoms with Crippen molar-refractivity contribution >= 4 is 29.9 Å². The summed E-state index contributed by atoms with van der Waals surface area (Å²) in [5, 5.41) is 6.85. The number of unbranched alkanes of at least 4 members (excludes halogenated alkanes) is 1. The van der Waals surface area contributed by atoms with Gasteiger partial charge in [-0.1, -0.05) is 20.3 Å². The molecule has 5 nitrogen and oxygen atoms in total. The molecule has 0 radical (unpaired) electrons. The van der Waals surface area contributed by atoms with E-state index in [2.05, 4.69) is 34.4 Å². The molecule has 1 fully saturated rings. The van der Waals surface area contributed by atoms with Crippen molar-refractivity contribution in [1.82, 2.24) is 15.5 Å². The number of rotatable bonds is 11. The van der Waals surface area contributed by atoms with Crippen molar-refractivity contribution in [3.8, 4) is 0 Å². The lowest BCUT2D eigenvalue weighted by Crippen LogP contribution is -2.43. The molecule has 0 aliphatic carbocycles. The fraction of sp³-hybridized carbons (Fsp3) is 0.944. The number of piperidine rings is 1. The SMILES string of the molecule is CCCCOCCCNC(=NC)NCC1CCN(CCC)CC1.I. The lowest BCUT2D eigenvalue weighted by Gasteiger charge is -2.32. The molecule has 0 saturated carbocycles. The van der Waals surface area contributed by atoms with Gasteiger partial charge in [0.15, 0.2) is 5.96 Å². The van der Waals surface area contributed by atoms with Gasteiger partial charge >= 0.3 is 0 Å². The van der Waals surface area contributed by atoms with Crippen LogP contribution < -0.4 is 10.6 Å². The Kier molecular flexibility index (Phi) is 16.3. The summed E-state index contributed by atoms with van der Waals surface area (Å²) in [5.41, 5.74) is 0. The van der Waals surface area contributed by atoms with E-state index in [1.165, 1.54) is 45.3 Å². The van der Waals surface area contributed by atoms with Crippen molar-refractivity contribution in [3.63, 3.8) is 0 Å². The second-order valence-electron chi connectivity index (χ2n) is 6.48. The van der Waals surface area contributed by atoms with Crippen LogP contribution in [0.25, 0.3) is 0 Å². The number of hydrogen-bond donors (Lipinski definition) is 2. The standard InChI is InChI=1S/C18H38N4O.HI/c1-4-6-14-23-15-7-10-20-18(19-3)21-16-17-8-12-22(11-5-2)13-9-17;/h17H,4-16H2,1-3H3,(H2,19,20,21);1H. The molecule has 0 amide bonds. The second kappa shape index (κ2) is 16.4. The van der Waals surface area contributed by atoms with Gasteiger partial charge in [-0.05, 0) is 57.7 Å². The Morgan fingerprint density at radius 1 is 1.08 bits per heavy atom. The summed E-state index contributed by atoms with van der Waals surface area (Å²) >= 11 is 0. The van der Waals surface area contributed by atoms with E-state index in [4.69, 9.17) is 4.74 Å². The van der Waals surface area contributed by atoms with Crippen LogP contribution >= 0.6 is 24.0 Å². The number of hydrogen-bond acceptors (Lipinski definition) is 3. The summed E-state index contributed by atoms with van der Waals surface area (Å²) in [6.07, 6.45) is 7.26. The van der Waals surface area contributed by atoms with Crippen molar-refractivity contribution in [1.29, 1.82) is 0 Å². The van der Waals surface area contributed by atoms with Crippen LogP contribution in [-0.2, 0) is 4.74 Å². The third kappa shape index (κ3) is 11.5. The fourth-order valence-electron chi connectivity index (χ4n) is 2.92. The number of nitrogens with zero attached hydrogens (tertiary/aromatic N) is 2. The highest BCUT2D eigenvalue weighted by Crippen LogP contribution is 2.16. The molecular formula is C18H39IN4O. The molecule has 0 aromatic heterocycles. The summed E-state index contributed by atoms with van der Waals surface area (Å²) in [6.45, 7) is 11.9. The van der Waals surface area contributed by atoms with Crippen LogP contribution in [0.2, 0.25) is 0 Å². The number of guanidine groups is 1. The van der Waals surface area contributed by atoms with E-state index in [0.29, 0.717) is 0 Å². The second-order valence-corrected chi connectivity index (χ2v) is 6.48. The van der Waals surface area contributed by atoms with Gasteiger partial charge in [0.1, 0.15) is 0 Å². The van der Waals surface area contributed by atoms with Gasteiger partial charge in [0, 0.05) is 33.4 Å². The molecule has 2 N–H and O–H groups in total. The Bertz CT molecular complexity index is 307. The summed E-state index contributed by atoms with van der Waals surface area (Å²) < 4.78 is 5.57. The lowest BCUT2D eigenvalue weighted by atomic mass is 9.97. The third-order valence-corrected chi connectivity index (χ3v) is 4.43. The quantitative estimate of drug-likeness (QED) is 0.218. The predicted octanol–water partition coefficient (Wildman–Crippen LogP) is 3.10. The van der Waals surface area contributed by atoms with E-state index in [9.17, 15) is 0 Å². The third-order valence-electron chi connectivity index (χ3n) is 4.43. The van der Waals surface area contributed by atoms with Crippen LogP contribution in [0.5, 0.6) is 0 Å². The minimum Gasteiger partial charge on any atom is -0.381 e. The first-order valence-corrected chi connectivity index (χ1v) is 9.54. The molecule has 1 rings (SSSR count). The number of nitrogens with one attached hydrogen (secondary N) is 2. The van der Waals surface area contributed by atoms with Gasteiger partial charge in [-0.25, -0.2) is 0 Å². The Morgan fingerprint density at radius 3 is 2.42 bits per heavy atom. The molecule has 1 saturated heterocycles. The molecule has 6 heteroatoms. The fourth-order valence-corrected chi connectivity index (χ4v) is 2.92. The smallest absolute Gasteiger partial charge is 0.190 e. The summed E-state index contributed by atoms with van der Waals surface area (Å²) in [6, 6.07) is 0. The molecule has 0 aromatic rings. The van der Waals surface area contributed by atoms with E-state index < -0.39 is 0 Å². The van der Waals surface area contributed by atoms with Crippen molar-refractivity contribution in [2.45, 2.75) is 52.4 Å². The van der Waals surface area contributed by atoms with Crippen molar-refractivity contribution in [3.05, 3.63) is 0 Å². The van der Waals surface area contributed by atoms with Gasteiger partial charge < -0.3 is 20.3 Å². The Labute approximate surface area is 166 Å². The maximum atomic E-state index is 5.57. The summed E-state index contributed by atoms with van der Waals surface area (Å²) in [7, 11) is 1.84. The average molecular weight is 454 g/mol. The summed E-state index contributed by atoms with van der Waals surface area (Å²) in [4.78, 5) is 6.89. The first-order chi connectivity index (χ1) is 11.3. The van der Waals surface area contributed by atoms with Gasteiger partial charge in [-0.2, -0.15) is 0 Å². The zero-order chi connectivity index (χ0) is 16.8. The minimum absolute atomic E-state index is 0. The highest BCUT2D eigenvalue weighted by Gasteiger charge is 2.18. The highest BCUT2D eigenvalue weighted by atomic mass is 127. The van der Waals surface area contributed by atoms with E-state index in [0.717, 1.165) is 51.0 Å². The Balaban J connectivity index is 0.00000529. The van der Waals surface area contributed by atoms with E-state index in [1.807, 2.05) is 7.05 Å². The molecule has 24 heavy (non-hydrogen) atoms. The van der Waals surface area contributed by atoms with Gasteiger partial charge in [-0.3, -0.25) is 4.99 Å². The molecule has 0 spiro atoms. The number of aliphatic imine (C=N–C) groups is 1. The average Bonchev–Trinajstić information content (AvgIpc) is 2.58. The van der Waals surface area contributed by atoms with Gasteiger partial charge in [0.2, 0.25) is 0 Å². The van der Waals surface area contributed by atoms with Crippen LogP contribution in [0, 0.1) is 5.92 Å². The largest absolute Gasteiger partial charge is 0.381 e. The molecule has 0 unspecified atom stereocenters. The van der Waals surface area contributed by atoms with E-state index in [-0.39, 0.29) is 24.0 Å². The molecule has 0 atom stereocenters. The lowest BCUT2D eigenvalue weighted by molar-refractivity contribution is 0.129. The van der Waals surface area contributed by atoms with Gasteiger partial charge in [-0.15, -0.1) is 24.0 Å². The van der Waals surface area contributed by atoms with Gasteiger partial charge in [0.25, 0.3) is 0 Å². The van der Waals surface area contributed by atoms with Crippen molar-refractivity contribution in [2.24, 2.45) is 10.9 Å². The van der Waals surface area contributed by atoms with Crippen LogP contribution in [0.3, 0.4) is 0 Å². The maximum Gasteiger partial charge on any atom is 0.190 e. The molecular weight excluding hydrogens is 415 g/mol. The zero-order valence-corrected chi connectivity index (χ0v) is 18.3. The number of halogens is 1. The molecule has 0 bridgehead atoms. The van der Waals surface area contributed by atoms with Crippen LogP contribution in [0.1, 0.15) is 52.4 Å². The number of ether oxygens (including phenoxy) is 1. The Morgan fingerprint density at radius 2 is 1.79 bits per heavy atom. The molecule has 1 aliphatic rings. The molecule has 0 aromatic carbocycles. The molecule has 1 aliphatic heterocycles. The van der Waals surface area contributed by atoms with Crippen molar-refractivity contribution in [2.75, 3.05) is 53.0 Å².